The second-order valence-corrected chi connectivity index (χ2v) is 9.19. The van der Waals surface area contributed by atoms with E-state index in [0.717, 1.165) is 24.3 Å². The van der Waals surface area contributed by atoms with Crippen molar-refractivity contribution < 1.29 is 14.7 Å². The van der Waals surface area contributed by atoms with Gasteiger partial charge in [0.2, 0.25) is 0 Å². The van der Waals surface area contributed by atoms with Gasteiger partial charge < -0.3 is 15.3 Å². The molecular formula is C21H25N3O3S. The van der Waals surface area contributed by atoms with E-state index < -0.39 is 11.4 Å². The second-order valence-electron chi connectivity index (χ2n) is 8.02. The van der Waals surface area contributed by atoms with Crippen molar-refractivity contribution in [3.63, 3.8) is 0 Å². The van der Waals surface area contributed by atoms with Crippen LogP contribution in [0.5, 0.6) is 0 Å². The summed E-state index contributed by atoms with van der Waals surface area (Å²) in [6, 6.07) is 10.4. The van der Waals surface area contributed by atoms with Crippen LogP contribution >= 0.6 is 11.3 Å². The molecule has 6 nitrogen and oxygen atoms in total. The number of nitrogens with zero attached hydrogens (tertiary/aromatic N) is 2. The minimum atomic E-state index is -0.844. The first-order valence-electron chi connectivity index (χ1n) is 9.73. The van der Waals surface area contributed by atoms with Gasteiger partial charge >= 0.3 is 12.0 Å². The van der Waals surface area contributed by atoms with Crippen molar-refractivity contribution in [2.45, 2.75) is 45.1 Å². The van der Waals surface area contributed by atoms with Crippen molar-refractivity contribution in [3.05, 3.63) is 51.5 Å². The molecule has 1 aromatic heterocycles. The summed E-state index contributed by atoms with van der Waals surface area (Å²) < 4.78 is 0. The fourth-order valence-corrected chi connectivity index (χ4v) is 5.22. The van der Waals surface area contributed by atoms with Crippen LogP contribution in [-0.2, 0) is 24.2 Å². The Morgan fingerprint density at radius 2 is 2.14 bits per heavy atom. The average Bonchev–Trinajstić information content (AvgIpc) is 3.30. The molecule has 2 aliphatic rings. The number of nitrogens with one attached hydrogen (secondary N) is 1. The monoisotopic (exact) mass is 399 g/mol. The number of aromatic nitrogens is 1. The molecule has 0 saturated carbocycles. The summed E-state index contributed by atoms with van der Waals surface area (Å²) in [6.07, 6.45) is 3.58. The Bertz CT molecular complexity index is 882. The minimum absolute atomic E-state index is 0.208. The third-order valence-corrected chi connectivity index (χ3v) is 7.04. The molecule has 1 aliphatic heterocycles. The van der Waals surface area contributed by atoms with E-state index in [4.69, 9.17) is 4.98 Å². The molecule has 0 bridgehead atoms. The van der Waals surface area contributed by atoms with Gasteiger partial charge in [-0.1, -0.05) is 30.3 Å². The number of aliphatic carboxylic acids is 1. The number of thiazole rings is 1. The van der Waals surface area contributed by atoms with E-state index in [1.54, 1.807) is 23.2 Å². The first-order valence-corrected chi connectivity index (χ1v) is 10.5. The maximum atomic E-state index is 12.4. The van der Waals surface area contributed by atoms with E-state index in [1.807, 2.05) is 6.07 Å². The molecule has 2 aromatic rings. The van der Waals surface area contributed by atoms with E-state index in [1.165, 1.54) is 16.1 Å². The first kappa shape index (κ1) is 18.9. The highest BCUT2D eigenvalue weighted by Gasteiger charge is 2.42. The quantitative estimate of drug-likeness (QED) is 0.825. The molecule has 0 spiro atoms. The molecule has 2 unspecified atom stereocenters. The largest absolute Gasteiger partial charge is 0.481 e. The number of carbonyl (C=O) groups is 2. The topological polar surface area (TPSA) is 82.5 Å². The van der Waals surface area contributed by atoms with Gasteiger partial charge in [-0.2, -0.15) is 0 Å². The summed E-state index contributed by atoms with van der Waals surface area (Å²) in [6.45, 7) is 2.82. The number of rotatable bonds is 4. The van der Waals surface area contributed by atoms with Gasteiger partial charge in [0, 0.05) is 18.0 Å². The van der Waals surface area contributed by atoms with Crippen molar-refractivity contribution in [3.8, 4) is 0 Å². The normalized spacial score (nSPS) is 24.0. The van der Waals surface area contributed by atoms with Crippen molar-refractivity contribution in [1.82, 2.24) is 15.2 Å². The zero-order valence-corrected chi connectivity index (χ0v) is 16.8. The number of carboxylic acid groups (broad SMARTS) is 1. The van der Waals surface area contributed by atoms with Crippen LogP contribution in [0.3, 0.4) is 0 Å². The third kappa shape index (κ3) is 3.76. The number of amides is 2. The zero-order chi connectivity index (χ0) is 19.7. The highest BCUT2D eigenvalue weighted by atomic mass is 32.1. The molecule has 7 heteroatoms. The molecule has 0 radical (unpaired) electrons. The number of carboxylic acids is 1. The van der Waals surface area contributed by atoms with Crippen LogP contribution in [0, 0.1) is 5.41 Å². The molecule has 148 valence electrons. The third-order valence-electron chi connectivity index (χ3n) is 5.92. The Balaban J connectivity index is 1.34. The van der Waals surface area contributed by atoms with Gasteiger partial charge in [0.05, 0.1) is 17.7 Å². The smallest absolute Gasteiger partial charge is 0.317 e. The molecule has 2 atom stereocenters. The van der Waals surface area contributed by atoms with Crippen LogP contribution in [0.15, 0.2) is 30.3 Å². The summed E-state index contributed by atoms with van der Waals surface area (Å²) in [7, 11) is 0. The Morgan fingerprint density at radius 3 is 2.86 bits per heavy atom. The highest BCUT2D eigenvalue weighted by molar-refractivity contribution is 7.11. The molecule has 28 heavy (non-hydrogen) atoms. The van der Waals surface area contributed by atoms with Crippen molar-refractivity contribution in [1.29, 1.82) is 0 Å². The summed E-state index contributed by atoms with van der Waals surface area (Å²) in [5, 5.41) is 13.1. The predicted octanol–water partition coefficient (Wildman–Crippen LogP) is 3.42. The lowest BCUT2D eigenvalue weighted by Gasteiger charge is -2.21. The summed E-state index contributed by atoms with van der Waals surface area (Å²) >= 11 is 1.68. The Labute approximate surface area is 168 Å². The van der Waals surface area contributed by atoms with Crippen molar-refractivity contribution in [2.75, 3.05) is 13.1 Å². The van der Waals surface area contributed by atoms with E-state index in [9.17, 15) is 14.7 Å². The molecule has 4 rings (SSSR count). The van der Waals surface area contributed by atoms with Crippen LogP contribution in [-0.4, -0.2) is 40.1 Å². The Morgan fingerprint density at radius 1 is 1.36 bits per heavy atom. The molecule has 2 N–H and O–H groups in total. The van der Waals surface area contributed by atoms with Crippen LogP contribution in [0.25, 0.3) is 0 Å². The number of fused-ring (bicyclic) bond motifs is 1. The minimum Gasteiger partial charge on any atom is -0.481 e. The highest BCUT2D eigenvalue weighted by Crippen LogP contribution is 2.35. The zero-order valence-electron chi connectivity index (χ0n) is 16.0. The molecule has 1 saturated heterocycles. The predicted molar refractivity (Wildman–Crippen MR) is 107 cm³/mol. The van der Waals surface area contributed by atoms with E-state index in [2.05, 4.69) is 29.6 Å². The average molecular weight is 400 g/mol. The molecule has 2 heterocycles. The summed E-state index contributed by atoms with van der Waals surface area (Å²) in [5.74, 6) is -0.307. The number of hydrogen-bond acceptors (Lipinski definition) is 4. The van der Waals surface area contributed by atoms with Gasteiger partial charge in [0.15, 0.2) is 0 Å². The lowest BCUT2D eigenvalue weighted by molar-refractivity contribution is -0.147. The van der Waals surface area contributed by atoms with Gasteiger partial charge in [-0.05, 0) is 44.1 Å². The molecule has 2 amide bonds. The van der Waals surface area contributed by atoms with Crippen LogP contribution in [0.1, 0.15) is 46.8 Å². The standard InChI is InChI=1S/C21H25N3O3S/c1-21(19(25)26)9-10-24(13-21)20(27)22-12-18-23-16-8-7-15(11-17(16)28-18)14-5-3-2-4-6-14/h2-6,15H,7-13H2,1H3,(H,22,27)(H,25,26). The number of aryl methyl sites for hydroxylation is 1. The fourth-order valence-electron chi connectivity index (χ4n) is 4.09. The van der Waals surface area contributed by atoms with E-state index in [0.29, 0.717) is 25.4 Å². The van der Waals surface area contributed by atoms with Gasteiger partial charge in [-0.15, -0.1) is 11.3 Å². The number of benzene rings is 1. The van der Waals surface area contributed by atoms with Gasteiger partial charge in [-0.3, -0.25) is 4.79 Å². The first-order chi connectivity index (χ1) is 13.4. The van der Waals surface area contributed by atoms with Gasteiger partial charge in [0.25, 0.3) is 0 Å². The van der Waals surface area contributed by atoms with Crippen LogP contribution in [0.4, 0.5) is 4.79 Å². The molecule has 1 aliphatic carbocycles. The van der Waals surface area contributed by atoms with Crippen LogP contribution < -0.4 is 5.32 Å². The molecule has 1 fully saturated rings. The van der Waals surface area contributed by atoms with Crippen molar-refractivity contribution in [2.24, 2.45) is 5.41 Å². The number of urea groups is 1. The van der Waals surface area contributed by atoms with Crippen molar-refractivity contribution >= 4 is 23.3 Å². The van der Waals surface area contributed by atoms with Gasteiger partial charge in [0.1, 0.15) is 5.01 Å². The van der Waals surface area contributed by atoms with E-state index >= 15 is 0 Å². The maximum absolute atomic E-state index is 12.4. The Hall–Kier alpha value is -2.41. The van der Waals surface area contributed by atoms with Gasteiger partial charge in [-0.25, -0.2) is 9.78 Å². The maximum Gasteiger partial charge on any atom is 0.317 e. The number of likely N-dealkylation sites (tertiary alicyclic amines) is 1. The fraction of sp³-hybridized carbons (Fsp3) is 0.476. The lowest BCUT2D eigenvalue weighted by atomic mass is 9.85. The second kappa shape index (κ2) is 7.54. The van der Waals surface area contributed by atoms with Crippen LogP contribution in [0.2, 0.25) is 0 Å². The molecular weight excluding hydrogens is 374 g/mol. The summed E-state index contributed by atoms with van der Waals surface area (Å²) in [4.78, 5) is 31.4. The van der Waals surface area contributed by atoms with E-state index in [-0.39, 0.29) is 12.6 Å². The molecule has 1 aromatic carbocycles. The summed E-state index contributed by atoms with van der Waals surface area (Å²) in [5.41, 5.74) is 1.71. The lowest BCUT2D eigenvalue weighted by Crippen LogP contribution is -2.40. The Kier molecular flexibility index (Phi) is 5.10. The SMILES string of the molecule is CC1(C(=O)O)CCN(C(=O)NCc2nc3c(s2)CC(c2ccccc2)CC3)C1. The number of hydrogen-bond donors (Lipinski definition) is 2. The number of carbonyl (C=O) groups excluding carboxylic acids is 1.